The van der Waals surface area contributed by atoms with E-state index in [9.17, 15) is 15.0 Å². The Morgan fingerprint density at radius 3 is 2.42 bits per heavy atom. The molecule has 0 fully saturated rings. The number of anilines is 1. The number of fused-ring (bicyclic) bond motifs is 1. The van der Waals surface area contributed by atoms with Gasteiger partial charge in [0, 0.05) is 16.1 Å². The molecule has 0 amide bonds. The summed E-state index contributed by atoms with van der Waals surface area (Å²) in [5, 5.41) is 22.3. The van der Waals surface area contributed by atoms with Crippen LogP contribution < -0.4 is 75.1 Å². The van der Waals surface area contributed by atoms with Crippen molar-refractivity contribution >= 4 is 33.2 Å². The Bertz CT molecular complexity index is 590. The van der Waals surface area contributed by atoms with Crippen LogP contribution in [-0.4, -0.2) is 21.4 Å². The number of nitrogens with two attached hydrogens (primary N) is 1. The minimum atomic E-state index is -1.57. The van der Waals surface area contributed by atoms with E-state index in [4.69, 9.17) is 5.73 Å². The van der Waals surface area contributed by atoms with E-state index in [1.54, 1.807) is 0 Å². The molecule has 0 bridgehead atoms. The zero-order valence-corrected chi connectivity index (χ0v) is 15.6. The van der Waals surface area contributed by atoms with Gasteiger partial charge in [0.05, 0.1) is 5.69 Å². The third-order valence-corrected chi connectivity index (χ3v) is 3.38. The van der Waals surface area contributed by atoms with Crippen LogP contribution in [0.3, 0.4) is 0 Å². The van der Waals surface area contributed by atoms with Gasteiger partial charge in [0.2, 0.25) is 0 Å². The smallest absolute Gasteiger partial charge is 0.858 e. The normalized spacial score (nSPS) is 9.11. The van der Waals surface area contributed by atoms with Crippen molar-refractivity contribution in [1.29, 1.82) is 0 Å². The molecule has 0 atom stereocenters. The van der Waals surface area contributed by atoms with Gasteiger partial charge in [-0.25, -0.2) is 9.97 Å². The van der Waals surface area contributed by atoms with Crippen LogP contribution in [0.1, 0.15) is 22.4 Å². The number of rotatable bonds is 2. The van der Waals surface area contributed by atoms with Gasteiger partial charge in [0.1, 0.15) is 10.8 Å². The largest absolute Gasteiger partial charge is 1.00 e. The Morgan fingerprint density at radius 2 is 1.95 bits per heavy atom. The van der Waals surface area contributed by atoms with E-state index in [1.807, 2.05) is 6.92 Å². The van der Waals surface area contributed by atoms with Gasteiger partial charge in [-0.05, 0) is 6.42 Å². The van der Waals surface area contributed by atoms with Crippen molar-refractivity contribution in [2.24, 2.45) is 0 Å². The monoisotopic (exact) mass is 301 g/mol. The number of carbonyl (C=O) groups excluding carboxylic acids is 1. The Balaban J connectivity index is 0. The van der Waals surface area contributed by atoms with Gasteiger partial charge < -0.3 is 26.2 Å². The molecular weight excluding hydrogens is 292 g/mol. The molecule has 0 saturated carbocycles. The van der Waals surface area contributed by atoms with Crippen LogP contribution in [0.25, 0.3) is 10.2 Å². The zero-order chi connectivity index (χ0) is 11.9. The number of hydrogen-bond donors (Lipinski definition) is 1. The third kappa shape index (κ3) is 4.02. The molecule has 0 radical (unpaired) electrons. The number of nitrogen functional groups attached to an aromatic ring is 1. The SMILES string of the molecule is CCc1sc2nc(C(=O)[O-])nc([O-])c2c1N.O.[Na+].[Na+]. The quantitative estimate of drug-likeness (QED) is 0.545. The summed E-state index contributed by atoms with van der Waals surface area (Å²) in [6.07, 6.45) is 0.660. The molecule has 7 nitrogen and oxygen atoms in total. The van der Waals surface area contributed by atoms with Crippen molar-refractivity contribution in [1.82, 2.24) is 9.97 Å². The number of aromatic carboxylic acids is 1. The topological polar surface area (TPSA) is 146 Å². The van der Waals surface area contributed by atoms with Crippen molar-refractivity contribution in [3.05, 3.63) is 10.7 Å². The fourth-order valence-corrected chi connectivity index (χ4v) is 2.41. The Hall–Kier alpha value is 0.0700. The molecular formula is C9H9N3Na2O4S. The summed E-state index contributed by atoms with van der Waals surface area (Å²) >= 11 is 1.20. The summed E-state index contributed by atoms with van der Waals surface area (Å²) in [6, 6.07) is 0. The second-order valence-electron chi connectivity index (χ2n) is 3.11. The molecule has 0 aliphatic rings. The van der Waals surface area contributed by atoms with E-state index >= 15 is 0 Å². The van der Waals surface area contributed by atoms with Crippen LogP contribution in [0.4, 0.5) is 5.69 Å². The van der Waals surface area contributed by atoms with Crippen molar-refractivity contribution in [2.45, 2.75) is 13.3 Å². The number of nitrogens with zero attached hydrogens (tertiary/aromatic N) is 2. The van der Waals surface area contributed by atoms with E-state index in [2.05, 4.69) is 9.97 Å². The van der Waals surface area contributed by atoms with Gasteiger partial charge in [-0.2, -0.15) is 0 Å². The molecule has 2 aromatic heterocycles. The summed E-state index contributed by atoms with van der Waals surface area (Å²) in [5.41, 5.74) is 6.09. The van der Waals surface area contributed by atoms with Gasteiger partial charge in [0.15, 0.2) is 5.82 Å². The Labute approximate surface area is 157 Å². The number of aryl methyl sites for hydroxylation is 1. The molecule has 2 aromatic rings. The molecule has 0 aliphatic carbocycles. The fraction of sp³-hybridized carbons (Fsp3) is 0.222. The van der Waals surface area contributed by atoms with Crippen LogP contribution in [0, 0.1) is 0 Å². The third-order valence-electron chi connectivity index (χ3n) is 2.14. The molecule has 0 spiro atoms. The molecule has 19 heavy (non-hydrogen) atoms. The molecule has 4 N–H and O–H groups in total. The van der Waals surface area contributed by atoms with Crippen LogP contribution in [0.2, 0.25) is 0 Å². The van der Waals surface area contributed by atoms with E-state index in [0.717, 1.165) is 4.88 Å². The molecule has 2 rings (SSSR count). The van der Waals surface area contributed by atoms with E-state index in [-0.39, 0.29) is 70.0 Å². The standard InChI is InChI=1S/C9H9N3O3S.2Na.H2O/c1-2-3-5(10)4-7(13)11-6(9(14)15)12-8(4)16-3;;;/h2,10H2,1H3,(H,14,15)(H,11,12,13);;;1H2/q;2*+1;/p-2. The maximum absolute atomic E-state index is 11.5. The van der Waals surface area contributed by atoms with Crippen LogP contribution in [-0.2, 0) is 6.42 Å². The second kappa shape index (κ2) is 8.38. The molecule has 0 saturated heterocycles. The summed E-state index contributed by atoms with van der Waals surface area (Å²) in [7, 11) is 0. The molecule has 2 heterocycles. The maximum Gasteiger partial charge on any atom is 1.00 e. The van der Waals surface area contributed by atoms with Crippen LogP contribution in [0.5, 0.6) is 5.88 Å². The Kier molecular flexibility index (Phi) is 9.42. The van der Waals surface area contributed by atoms with Crippen molar-refractivity contribution in [3.63, 3.8) is 0 Å². The van der Waals surface area contributed by atoms with Crippen LogP contribution in [0.15, 0.2) is 0 Å². The number of hydrogen-bond acceptors (Lipinski definition) is 7. The van der Waals surface area contributed by atoms with Gasteiger partial charge >= 0.3 is 59.1 Å². The summed E-state index contributed by atoms with van der Waals surface area (Å²) in [4.78, 5) is 18.7. The predicted molar refractivity (Wildman–Crippen MR) is 58.6 cm³/mol. The second-order valence-corrected chi connectivity index (χ2v) is 4.20. The molecule has 10 heteroatoms. The molecule has 0 aromatic carbocycles. The number of carbonyl (C=O) groups is 1. The summed E-state index contributed by atoms with van der Waals surface area (Å²) in [5.74, 6) is -2.83. The zero-order valence-electron chi connectivity index (χ0n) is 10.8. The van der Waals surface area contributed by atoms with Crippen molar-refractivity contribution in [2.75, 3.05) is 5.73 Å². The predicted octanol–water partition coefficient (Wildman–Crippen LogP) is -7.54. The van der Waals surface area contributed by atoms with Gasteiger partial charge in [-0.15, -0.1) is 11.3 Å². The molecule has 0 aliphatic heterocycles. The Morgan fingerprint density at radius 1 is 1.37 bits per heavy atom. The van der Waals surface area contributed by atoms with Gasteiger partial charge in [0.25, 0.3) is 0 Å². The maximum atomic E-state index is 11.5. The first-order chi connectivity index (χ1) is 7.54. The van der Waals surface area contributed by atoms with E-state index in [1.165, 1.54) is 11.3 Å². The minimum absolute atomic E-state index is 0. The summed E-state index contributed by atoms with van der Waals surface area (Å²) < 4.78 is 0. The first-order valence-electron chi connectivity index (χ1n) is 4.51. The number of carboxylic acids is 1. The molecule has 92 valence electrons. The van der Waals surface area contributed by atoms with E-state index < -0.39 is 17.7 Å². The number of aromatic nitrogens is 2. The first kappa shape index (κ1) is 21.4. The number of thiophene rings is 1. The first-order valence-corrected chi connectivity index (χ1v) is 5.33. The van der Waals surface area contributed by atoms with Crippen molar-refractivity contribution < 1.29 is 79.6 Å². The minimum Gasteiger partial charge on any atom is -0.858 e. The summed E-state index contributed by atoms with van der Waals surface area (Å²) in [6.45, 7) is 1.89. The van der Waals surface area contributed by atoms with Crippen molar-refractivity contribution in [3.8, 4) is 5.88 Å². The average Bonchev–Trinajstić information content (AvgIpc) is 2.55. The fourth-order valence-electron chi connectivity index (χ4n) is 1.39. The van der Waals surface area contributed by atoms with Gasteiger partial charge in [-0.1, -0.05) is 6.92 Å². The van der Waals surface area contributed by atoms with E-state index in [0.29, 0.717) is 16.9 Å². The number of carboxylic acid groups (broad SMARTS) is 1. The average molecular weight is 301 g/mol. The molecule has 0 unspecified atom stereocenters. The van der Waals surface area contributed by atoms with Crippen LogP contribution >= 0.6 is 11.3 Å². The van der Waals surface area contributed by atoms with Gasteiger partial charge in [-0.3, -0.25) is 0 Å².